The summed E-state index contributed by atoms with van der Waals surface area (Å²) in [6.07, 6.45) is 0.383. The van der Waals surface area contributed by atoms with Crippen LogP contribution in [-0.4, -0.2) is 10.9 Å². The number of rotatable bonds is 6. The fourth-order valence-electron chi connectivity index (χ4n) is 3.45. The highest BCUT2D eigenvalue weighted by molar-refractivity contribution is 7.09. The molecule has 4 heteroatoms. The second kappa shape index (κ2) is 8.84. The topological polar surface area (TPSA) is 42.0 Å². The number of benzene rings is 3. The van der Waals surface area contributed by atoms with E-state index in [-0.39, 0.29) is 11.8 Å². The second-order valence-electron chi connectivity index (χ2n) is 6.96. The lowest BCUT2D eigenvalue weighted by Crippen LogP contribution is -2.16. The van der Waals surface area contributed by atoms with Crippen LogP contribution in [0.4, 0.5) is 5.69 Å². The first-order chi connectivity index (χ1) is 14.2. The first-order valence-electron chi connectivity index (χ1n) is 9.61. The summed E-state index contributed by atoms with van der Waals surface area (Å²) in [4.78, 5) is 17.4. The van der Waals surface area contributed by atoms with Crippen molar-refractivity contribution < 1.29 is 4.79 Å². The van der Waals surface area contributed by atoms with E-state index in [0.717, 1.165) is 33.1 Å². The molecule has 0 saturated carbocycles. The molecule has 29 heavy (non-hydrogen) atoms. The number of nitrogens with zero attached hydrogens (tertiary/aromatic N) is 1. The fourth-order valence-corrected chi connectivity index (χ4v) is 4.07. The normalized spacial score (nSPS) is 10.8. The van der Waals surface area contributed by atoms with Crippen LogP contribution >= 0.6 is 11.3 Å². The number of aromatic nitrogens is 1. The van der Waals surface area contributed by atoms with Crippen LogP contribution in [0, 0.1) is 6.92 Å². The molecule has 0 atom stereocenters. The molecular weight excluding hydrogens is 376 g/mol. The van der Waals surface area contributed by atoms with Gasteiger partial charge in [-0.05, 0) is 30.2 Å². The molecule has 3 nitrogen and oxygen atoms in total. The van der Waals surface area contributed by atoms with Gasteiger partial charge in [0, 0.05) is 29.0 Å². The Bertz CT molecular complexity index is 1050. The SMILES string of the molecule is Cc1nc(-c2cccc(NC(=O)CC(c3ccccc3)c3ccccc3)c2)cs1. The largest absolute Gasteiger partial charge is 0.326 e. The average Bonchev–Trinajstić information content (AvgIpc) is 3.20. The van der Waals surface area contributed by atoms with E-state index in [1.165, 1.54) is 0 Å². The van der Waals surface area contributed by atoms with E-state index in [0.29, 0.717) is 6.42 Å². The van der Waals surface area contributed by atoms with Crippen LogP contribution in [0.3, 0.4) is 0 Å². The lowest BCUT2D eigenvalue weighted by molar-refractivity contribution is -0.116. The predicted molar refractivity (Wildman–Crippen MR) is 120 cm³/mol. The molecule has 4 rings (SSSR count). The van der Waals surface area contributed by atoms with E-state index in [1.54, 1.807) is 11.3 Å². The number of carbonyl (C=O) groups is 1. The van der Waals surface area contributed by atoms with Crippen molar-refractivity contribution in [3.8, 4) is 11.3 Å². The van der Waals surface area contributed by atoms with Gasteiger partial charge < -0.3 is 5.32 Å². The zero-order chi connectivity index (χ0) is 20.1. The molecule has 0 aliphatic heterocycles. The van der Waals surface area contributed by atoms with Crippen molar-refractivity contribution in [2.24, 2.45) is 0 Å². The van der Waals surface area contributed by atoms with Crippen molar-refractivity contribution in [1.29, 1.82) is 0 Å². The monoisotopic (exact) mass is 398 g/mol. The summed E-state index contributed by atoms with van der Waals surface area (Å²) < 4.78 is 0. The highest BCUT2D eigenvalue weighted by atomic mass is 32.1. The van der Waals surface area contributed by atoms with Crippen molar-refractivity contribution in [3.05, 3.63) is 106 Å². The fraction of sp³-hybridized carbons (Fsp3) is 0.120. The lowest BCUT2D eigenvalue weighted by Gasteiger charge is -2.18. The summed E-state index contributed by atoms with van der Waals surface area (Å²) in [7, 11) is 0. The third-order valence-electron chi connectivity index (χ3n) is 4.85. The first kappa shape index (κ1) is 19.1. The molecule has 1 N–H and O–H groups in total. The van der Waals surface area contributed by atoms with Gasteiger partial charge in [-0.2, -0.15) is 0 Å². The van der Waals surface area contributed by atoms with Crippen LogP contribution in [-0.2, 0) is 4.79 Å². The number of amides is 1. The molecule has 3 aromatic carbocycles. The Kier molecular flexibility index (Phi) is 5.82. The van der Waals surface area contributed by atoms with Crippen molar-refractivity contribution in [2.75, 3.05) is 5.32 Å². The Morgan fingerprint density at radius 2 is 1.59 bits per heavy atom. The maximum absolute atomic E-state index is 12.9. The molecule has 0 aliphatic rings. The number of carbonyl (C=O) groups excluding carboxylic acids is 1. The Morgan fingerprint density at radius 1 is 0.931 bits per heavy atom. The van der Waals surface area contributed by atoms with Crippen LogP contribution in [0.25, 0.3) is 11.3 Å². The Labute approximate surface area is 175 Å². The van der Waals surface area contributed by atoms with Crippen LogP contribution in [0.2, 0.25) is 0 Å². The maximum Gasteiger partial charge on any atom is 0.225 e. The van der Waals surface area contributed by atoms with Crippen LogP contribution in [0.15, 0.2) is 90.3 Å². The van der Waals surface area contributed by atoms with Crippen LogP contribution < -0.4 is 5.32 Å². The van der Waals surface area contributed by atoms with Crippen LogP contribution in [0.5, 0.6) is 0 Å². The van der Waals surface area contributed by atoms with Crippen LogP contribution in [0.1, 0.15) is 28.5 Å². The summed E-state index contributed by atoms with van der Waals surface area (Å²) >= 11 is 1.62. The summed E-state index contributed by atoms with van der Waals surface area (Å²) in [5, 5.41) is 6.13. The highest BCUT2D eigenvalue weighted by Gasteiger charge is 2.18. The molecule has 1 amide bonds. The second-order valence-corrected chi connectivity index (χ2v) is 8.02. The third kappa shape index (κ3) is 4.79. The van der Waals surface area contributed by atoms with E-state index < -0.39 is 0 Å². The smallest absolute Gasteiger partial charge is 0.225 e. The number of nitrogens with one attached hydrogen (secondary N) is 1. The van der Waals surface area contributed by atoms with Gasteiger partial charge in [-0.1, -0.05) is 72.8 Å². The van der Waals surface area contributed by atoms with Gasteiger partial charge in [-0.3, -0.25) is 4.79 Å². The number of hydrogen-bond donors (Lipinski definition) is 1. The quantitative estimate of drug-likeness (QED) is 0.415. The van der Waals surface area contributed by atoms with Gasteiger partial charge in [0.15, 0.2) is 0 Å². The van der Waals surface area contributed by atoms with Crippen molar-refractivity contribution >= 4 is 22.9 Å². The van der Waals surface area contributed by atoms with E-state index in [4.69, 9.17) is 0 Å². The third-order valence-corrected chi connectivity index (χ3v) is 5.63. The summed E-state index contributed by atoms with van der Waals surface area (Å²) in [5.41, 5.74) is 5.02. The highest BCUT2D eigenvalue weighted by Crippen LogP contribution is 2.29. The predicted octanol–water partition coefficient (Wildman–Crippen LogP) is 6.28. The van der Waals surface area contributed by atoms with Gasteiger partial charge in [-0.25, -0.2) is 4.98 Å². The summed E-state index contributed by atoms with van der Waals surface area (Å²) in [6.45, 7) is 1.99. The van der Waals surface area contributed by atoms with Crippen molar-refractivity contribution in [2.45, 2.75) is 19.3 Å². The molecule has 0 aliphatic carbocycles. The Balaban J connectivity index is 1.53. The minimum Gasteiger partial charge on any atom is -0.326 e. The molecule has 1 aromatic heterocycles. The number of thiazole rings is 1. The number of anilines is 1. The molecule has 0 bridgehead atoms. The van der Waals surface area contributed by atoms with E-state index >= 15 is 0 Å². The molecule has 0 unspecified atom stereocenters. The van der Waals surface area contributed by atoms with E-state index in [2.05, 4.69) is 34.6 Å². The Morgan fingerprint density at radius 3 is 2.17 bits per heavy atom. The van der Waals surface area contributed by atoms with Gasteiger partial charge >= 0.3 is 0 Å². The van der Waals surface area contributed by atoms with Crippen molar-refractivity contribution in [1.82, 2.24) is 4.98 Å². The van der Waals surface area contributed by atoms with Gasteiger partial charge in [-0.15, -0.1) is 11.3 Å². The lowest BCUT2D eigenvalue weighted by atomic mass is 9.88. The average molecular weight is 399 g/mol. The minimum absolute atomic E-state index is 0.00526. The van der Waals surface area contributed by atoms with Gasteiger partial charge in [0.05, 0.1) is 10.7 Å². The van der Waals surface area contributed by atoms with E-state index in [9.17, 15) is 4.79 Å². The standard InChI is InChI=1S/C25H22N2OS/c1-18-26-24(17-29-18)21-13-8-14-22(15-21)27-25(28)16-23(19-9-4-2-5-10-19)20-11-6-3-7-12-20/h2-15,17,23H,16H2,1H3,(H,27,28). The number of aryl methyl sites for hydroxylation is 1. The molecular formula is C25H22N2OS. The molecule has 0 fully saturated rings. The molecule has 0 spiro atoms. The molecule has 144 valence electrons. The zero-order valence-corrected chi connectivity index (χ0v) is 17.0. The molecule has 0 radical (unpaired) electrons. The summed E-state index contributed by atoms with van der Waals surface area (Å²) in [6, 6.07) is 28.2. The summed E-state index contributed by atoms with van der Waals surface area (Å²) in [5.74, 6) is 0.0103. The zero-order valence-electron chi connectivity index (χ0n) is 16.2. The molecule has 4 aromatic rings. The van der Waals surface area contributed by atoms with Gasteiger partial charge in [0.1, 0.15) is 0 Å². The van der Waals surface area contributed by atoms with E-state index in [1.807, 2.05) is 73.0 Å². The van der Waals surface area contributed by atoms with Crippen molar-refractivity contribution in [3.63, 3.8) is 0 Å². The Hall–Kier alpha value is -3.24. The van der Waals surface area contributed by atoms with Gasteiger partial charge in [0.25, 0.3) is 0 Å². The minimum atomic E-state index is -0.00526. The molecule has 1 heterocycles. The number of hydrogen-bond acceptors (Lipinski definition) is 3. The molecule has 0 saturated heterocycles. The first-order valence-corrected chi connectivity index (χ1v) is 10.5. The van der Waals surface area contributed by atoms with Gasteiger partial charge in [0.2, 0.25) is 5.91 Å². The maximum atomic E-state index is 12.9.